The molecule has 1 heterocycles. The lowest BCUT2D eigenvalue weighted by Crippen LogP contribution is -2.39. The lowest BCUT2D eigenvalue weighted by molar-refractivity contribution is -0.143. The van der Waals surface area contributed by atoms with Gasteiger partial charge in [-0.1, -0.05) is 47.5 Å². The second-order valence-corrected chi connectivity index (χ2v) is 7.60. The summed E-state index contributed by atoms with van der Waals surface area (Å²) in [4.78, 5) is 13.2. The van der Waals surface area contributed by atoms with Crippen LogP contribution in [0.5, 0.6) is 0 Å². The van der Waals surface area contributed by atoms with E-state index in [9.17, 15) is 23.1 Å². The number of carbonyl (C=O) groups is 1. The van der Waals surface area contributed by atoms with Crippen molar-refractivity contribution in [3.8, 4) is 0 Å². The summed E-state index contributed by atoms with van der Waals surface area (Å²) in [7, 11) is 0. The number of rotatable bonds is 4. The molecule has 0 spiro atoms. The maximum absolute atomic E-state index is 13.2. The van der Waals surface area contributed by atoms with Crippen molar-refractivity contribution in [2.24, 2.45) is 5.92 Å². The highest BCUT2D eigenvalue weighted by atomic mass is 35.5. The third-order valence-corrected chi connectivity index (χ3v) is 5.88. The Labute approximate surface area is 170 Å². The summed E-state index contributed by atoms with van der Waals surface area (Å²) in [6.07, 6.45) is -3.62. The molecule has 0 radical (unpaired) electrons. The Kier molecular flexibility index (Phi) is 6.22. The number of hydrogen-bond donors (Lipinski definition) is 1. The lowest BCUT2D eigenvalue weighted by Gasteiger charge is -2.37. The van der Waals surface area contributed by atoms with Gasteiger partial charge in [0.1, 0.15) is 0 Å². The second kappa shape index (κ2) is 8.31. The summed E-state index contributed by atoms with van der Waals surface area (Å²) in [5.41, 5.74) is 0.295. The zero-order valence-electron chi connectivity index (χ0n) is 14.7. The van der Waals surface area contributed by atoms with E-state index >= 15 is 0 Å². The molecule has 0 amide bonds. The minimum Gasteiger partial charge on any atom is -0.481 e. The molecule has 0 saturated carbocycles. The molecule has 2 aromatic rings. The summed E-state index contributed by atoms with van der Waals surface area (Å²) in [5, 5.41) is 9.82. The molecule has 0 aliphatic carbocycles. The van der Waals surface area contributed by atoms with Gasteiger partial charge >= 0.3 is 12.1 Å². The Balaban J connectivity index is 2.03. The van der Waals surface area contributed by atoms with Gasteiger partial charge in [-0.25, -0.2) is 0 Å². The van der Waals surface area contributed by atoms with Crippen molar-refractivity contribution < 1.29 is 23.1 Å². The molecular weight excluding hydrogens is 414 g/mol. The first-order valence-electron chi connectivity index (χ1n) is 8.76. The van der Waals surface area contributed by atoms with Crippen LogP contribution in [0.25, 0.3) is 0 Å². The molecule has 1 N–H and O–H groups in total. The molecule has 1 unspecified atom stereocenters. The van der Waals surface area contributed by atoms with Crippen LogP contribution in [0.2, 0.25) is 10.0 Å². The van der Waals surface area contributed by atoms with Gasteiger partial charge in [-0.2, -0.15) is 13.2 Å². The summed E-state index contributed by atoms with van der Waals surface area (Å²) in [5.74, 6) is -1.30. The lowest BCUT2D eigenvalue weighted by atomic mass is 9.90. The molecule has 1 atom stereocenters. The zero-order valence-corrected chi connectivity index (χ0v) is 16.2. The maximum Gasteiger partial charge on any atom is 0.416 e. The number of likely N-dealkylation sites (tertiary alicyclic amines) is 1. The fourth-order valence-electron chi connectivity index (χ4n) is 3.61. The van der Waals surface area contributed by atoms with Crippen LogP contribution in [0.15, 0.2) is 42.5 Å². The fraction of sp³-hybridized carbons (Fsp3) is 0.350. The van der Waals surface area contributed by atoms with Gasteiger partial charge in [-0.05, 0) is 55.3 Å². The molecule has 1 aliphatic heterocycles. The average molecular weight is 432 g/mol. The molecule has 8 heteroatoms. The van der Waals surface area contributed by atoms with E-state index in [4.69, 9.17) is 23.2 Å². The van der Waals surface area contributed by atoms with E-state index in [1.807, 2.05) is 4.90 Å². The number of alkyl halides is 3. The van der Waals surface area contributed by atoms with Gasteiger partial charge in [0.15, 0.2) is 0 Å². The Morgan fingerprint density at radius 3 is 2.36 bits per heavy atom. The molecule has 3 rings (SSSR count). The normalized spacial score (nSPS) is 17.5. The number of carboxylic acids is 1. The quantitative estimate of drug-likeness (QED) is 0.654. The molecule has 150 valence electrons. The largest absolute Gasteiger partial charge is 0.481 e. The van der Waals surface area contributed by atoms with Crippen molar-refractivity contribution in [3.63, 3.8) is 0 Å². The first kappa shape index (κ1) is 21.0. The first-order valence-corrected chi connectivity index (χ1v) is 9.52. The third-order valence-electron chi connectivity index (χ3n) is 5.05. The number of hydrogen-bond acceptors (Lipinski definition) is 2. The van der Waals surface area contributed by atoms with Crippen molar-refractivity contribution in [2.75, 3.05) is 13.1 Å². The Morgan fingerprint density at radius 2 is 1.75 bits per heavy atom. The molecule has 1 saturated heterocycles. The Morgan fingerprint density at radius 1 is 1.11 bits per heavy atom. The van der Waals surface area contributed by atoms with Crippen LogP contribution in [-0.2, 0) is 11.0 Å². The highest BCUT2D eigenvalue weighted by Crippen LogP contribution is 2.40. The number of aliphatic carboxylic acids is 1. The summed E-state index contributed by atoms with van der Waals surface area (Å²) in [6.45, 7) is 0.863. The van der Waals surface area contributed by atoms with Crippen LogP contribution in [0.1, 0.15) is 35.6 Å². The molecule has 0 aromatic heterocycles. The monoisotopic (exact) mass is 431 g/mol. The average Bonchev–Trinajstić information content (AvgIpc) is 2.65. The minimum absolute atomic E-state index is 0.284. The fourth-order valence-corrected chi connectivity index (χ4v) is 4.02. The number of benzene rings is 2. The van der Waals surface area contributed by atoms with E-state index in [0.717, 1.165) is 12.1 Å². The molecule has 2 aromatic carbocycles. The highest BCUT2D eigenvalue weighted by molar-refractivity contribution is 6.42. The number of piperidine rings is 1. The molecule has 1 fully saturated rings. The highest BCUT2D eigenvalue weighted by Gasteiger charge is 2.34. The van der Waals surface area contributed by atoms with E-state index in [0.29, 0.717) is 42.1 Å². The predicted octanol–water partition coefficient (Wildman–Crippen LogP) is 5.90. The van der Waals surface area contributed by atoms with Gasteiger partial charge in [-0.3, -0.25) is 9.69 Å². The Bertz CT molecular complexity index is 865. The summed E-state index contributed by atoms with van der Waals surface area (Å²) >= 11 is 12.5. The van der Waals surface area contributed by atoms with Gasteiger partial charge in [0.2, 0.25) is 0 Å². The van der Waals surface area contributed by atoms with Gasteiger partial charge in [0.25, 0.3) is 0 Å². The number of nitrogens with zero attached hydrogens (tertiary/aromatic N) is 1. The van der Waals surface area contributed by atoms with Crippen molar-refractivity contribution >= 4 is 29.2 Å². The van der Waals surface area contributed by atoms with Gasteiger partial charge in [0, 0.05) is 0 Å². The van der Waals surface area contributed by atoms with Gasteiger partial charge in [0.05, 0.1) is 27.6 Å². The predicted molar refractivity (Wildman–Crippen MR) is 102 cm³/mol. The second-order valence-electron chi connectivity index (χ2n) is 6.82. The van der Waals surface area contributed by atoms with Crippen LogP contribution in [0.4, 0.5) is 13.2 Å². The van der Waals surface area contributed by atoms with Crippen molar-refractivity contribution in [1.82, 2.24) is 4.90 Å². The van der Waals surface area contributed by atoms with E-state index < -0.39 is 29.7 Å². The van der Waals surface area contributed by atoms with Crippen molar-refractivity contribution in [3.05, 3.63) is 69.2 Å². The van der Waals surface area contributed by atoms with Crippen LogP contribution < -0.4 is 0 Å². The molecular formula is C20H18Cl2F3NO2. The summed E-state index contributed by atoms with van der Waals surface area (Å²) in [6, 6.07) is 9.64. The smallest absolute Gasteiger partial charge is 0.416 e. The molecule has 28 heavy (non-hydrogen) atoms. The van der Waals surface area contributed by atoms with Crippen LogP contribution in [0.3, 0.4) is 0 Å². The van der Waals surface area contributed by atoms with E-state index in [1.54, 1.807) is 24.3 Å². The topological polar surface area (TPSA) is 40.5 Å². The maximum atomic E-state index is 13.2. The summed E-state index contributed by atoms with van der Waals surface area (Å²) < 4.78 is 39.7. The molecule has 3 nitrogen and oxygen atoms in total. The van der Waals surface area contributed by atoms with E-state index in [1.165, 1.54) is 6.07 Å². The van der Waals surface area contributed by atoms with Crippen molar-refractivity contribution in [1.29, 1.82) is 0 Å². The SMILES string of the molecule is O=C(O)C1CCN(C(c2cccc(C(F)(F)F)c2)c2cccc(Cl)c2Cl)CC1. The van der Waals surface area contributed by atoms with Gasteiger partial charge in [-0.15, -0.1) is 0 Å². The zero-order chi connectivity index (χ0) is 20.5. The standard InChI is InChI=1S/C20H18Cl2F3NO2/c21-16-6-2-5-15(17(16)22)18(26-9-7-12(8-10-26)19(27)28)13-3-1-4-14(11-13)20(23,24)25/h1-6,11-12,18H,7-10H2,(H,27,28). The van der Waals surface area contributed by atoms with Crippen LogP contribution >= 0.6 is 23.2 Å². The Hall–Kier alpha value is -1.76. The molecule has 0 bridgehead atoms. The van der Waals surface area contributed by atoms with Crippen molar-refractivity contribution in [2.45, 2.75) is 25.1 Å². The number of carboxylic acid groups (broad SMARTS) is 1. The third kappa shape index (κ3) is 4.45. The molecule has 1 aliphatic rings. The van der Waals surface area contributed by atoms with Crippen LogP contribution in [-0.4, -0.2) is 29.1 Å². The first-order chi connectivity index (χ1) is 13.2. The minimum atomic E-state index is -4.46. The number of halogens is 5. The van der Waals surface area contributed by atoms with E-state index in [-0.39, 0.29) is 5.02 Å². The van der Waals surface area contributed by atoms with E-state index in [2.05, 4.69) is 0 Å². The van der Waals surface area contributed by atoms with Crippen LogP contribution in [0, 0.1) is 5.92 Å². The van der Waals surface area contributed by atoms with Gasteiger partial charge < -0.3 is 5.11 Å².